The highest BCUT2D eigenvalue weighted by atomic mass is 35.6. The van der Waals surface area contributed by atoms with Gasteiger partial charge in [0.1, 0.15) is 0 Å². The third-order valence-electron chi connectivity index (χ3n) is 1.47. The minimum absolute atomic E-state index is 0.174. The van der Waals surface area contributed by atoms with E-state index in [0.717, 1.165) is 5.49 Å². The Bertz CT molecular complexity index is 264. The van der Waals surface area contributed by atoms with E-state index in [1.807, 2.05) is 0 Å². The summed E-state index contributed by atoms with van der Waals surface area (Å²) in [6.45, 7) is 3.68. The Morgan fingerprint density at radius 3 is 2.06 bits per heavy atom. The Morgan fingerprint density at radius 1 is 1.38 bits per heavy atom. The molecule has 0 rings (SSSR count). The third-order valence-corrected chi connectivity index (χ3v) is 5.12. The predicted octanol–water partition coefficient (Wildman–Crippen LogP) is 3.50. The first-order valence-electron chi connectivity index (χ1n) is 4.47. The third kappa shape index (κ3) is 5.05. The van der Waals surface area contributed by atoms with E-state index >= 15 is 0 Å². The predicted molar refractivity (Wildman–Crippen MR) is 71.7 cm³/mol. The number of rotatable bonds is 7. The molecule has 0 aromatic heterocycles. The molecule has 0 saturated carbocycles. The highest BCUT2D eigenvalue weighted by Crippen LogP contribution is 2.58. The van der Waals surface area contributed by atoms with Crippen molar-refractivity contribution in [1.29, 1.82) is 0 Å². The van der Waals surface area contributed by atoms with Gasteiger partial charge in [-0.1, -0.05) is 47.0 Å². The van der Waals surface area contributed by atoms with Gasteiger partial charge in [0.25, 0.3) is 0 Å². The maximum absolute atomic E-state index is 12.3. The lowest BCUT2D eigenvalue weighted by Gasteiger charge is -2.30. The van der Waals surface area contributed by atoms with E-state index in [1.165, 1.54) is 0 Å². The summed E-state index contributed by atoms with van der Waals surface area (Å²) in [5.41, 5.74) is 1.11. The molecule has 0 aromatic rings. The summed E-state index contributed by atoms with van der Waals surface area (Å²) >= 11 is 21.7. The van der Waals surface area contributed by atoms with Crippen LogP contribution in [0.15, 0.2) is 0 Å². The molecule has 0 spiro atoms. The molecule has 0 fully saturated rings. The Kier molecular flexibility index (Phi) is 7.79. The van der Waals surface area contributed by atoms with Crippen LogP contribution in [0.5, 0.6) is 0 Å². The average molecular weight is 329 g/mol. The quantitative estimate of drug-likeness (QED) is 0.440. The molecule has 0 heterocycles. The number of alkyl halides is 3. The van der Waals surface area contributed by atoms with Crippen molar-refractivity contribution in [3.63, 3.8) is 0 Å². The van der Waals surface area contributed by atoms with Gasteiger partial charge >= 0.3 is 7.60 Å². The van der Waals surface area contributed by atoms with Crippen molar-refractivity contribution in [2.24, 2.45) is 0 Å². The molecule has 9 heteroatoms. The molecule has 1 atom stereocenters. The Morgan fingerprint density at radius 2 is 1.81 bits per heavy atom. The summed E-state index contributed by atoms with van der Waals surface area (Å²) in [4.78, 5) is 0. The minimum Gasteiger partial charge on any atom is -0.365 e. The normalized spacial score (nSPS) is 14.6. The van der Waals surface area contributed by atoms with Gasteiger partial charge in [0.2, 0.25) is 3.79 Å². The van der Waals surface area contributed by atoms with Gasteiger partial charge in [-0.2, -0.15) is 0 Å². The Labute approximate surface area is 115 Å². The van der Waals surface area contributed by atoms with E-state index in [0.29, 0.717) is 0 Å². The molecule has 4 nitrogen and oxygen atoms in total. The molecule has 0 aliphatic heterocycles. The van der Waals surface area contributed by atoms with Crippen molar-refractivity contribution in [3.8, 4) is 0 Å². The zero-order chi connectivity index (χ0) is 12.8. The molecule has 1 N–H and O–H groups in total. The van der Waals surface area contributed by atoms with Crippen LogP contribution in [0.25, 0.3) is 0 Å². The van der Waals surface area contributed by atoms with Gasteiger partial charge in [0.05, 0.1) is 18.7 Å². The van der Waals surface area contributed by atoms with Gasteiger partial charge in [0, 0.05) is 0 Å². The summed E-state index contributed by atoms with van der Waals surface area (Å²) in [7, 11) is -3.57. The van der Waals surface area contributed by atoms with Crippen LogP contribution >= 0.6 is 54.6 Å². The zero-order valence-corrected chi connectivity index (χ0v) is 12.8. The second-order valence-electron chi connectivity index (χ2n) is 2.60. The van der Waals surface area contributed by atoms with Gasteiger partial charge in [-0.15, -0.1) is 0 Å². The SMILES string of the molecule is CCOP(=O)(OCC)[C@@H](NC=S)C(Cl)(Cl)Cl. The van der Waals surface area contributed by atoms with Crippen molar-refractivity contribution < 1.29 is 13.6 Å². The largest absolute Gasteiger partial charge is 0.365 e. The van der Waals surface area contributed by atoms with Crippen LogP contribution < -0.4 is 5.32 Å². The van der Waals surface area contributed by atoms with Gasteiger partial charge in [-0.25, -0.2) is 0 Å². The van der Waals surface area contributed by atoms with E-state index in [-0.39, 0.29) is 13.2 Å². The van der Waals surface area contributed by atoms with E-state index in [9.17, 15) is 4.57 Å². The van der Waals surface area contributed by atoms with E-state index < -0.39 is 17.2 Å². The van der Waals surface area contributed by atoms with Gasteiger partial charge in [-0.05, 0) is 13.8 Å². The summed E-state index contributed by atoms with van der Waals surface area (Å²) in [6.07, 6.45) is 0. The highest BCUT2D eigenvalue weighted by Gasteiger charge is 2.48. The standard InChI is InChI=1S/C7H13Cl3NO3PS/c1-3-13-15(12,14-4-2)6(11-5-16)7(8,9)10/h5-6H,3-4H2,1-2H3,(H,11,16)/t6-/m1/s1. The summed E-state index contributed by atoms with van der Waals surface area (Å²) < 4.78 is 20.6. The first-order valence-corrected chi connectivity index (χ1v) is 7.68. The molecule has 0 aliphatic carbocycles. The fourth-order valence-corrected chi connectivity index (χ4v) is 4.19. The Hall–Kier alpha value is 0.910. The first-order chi connectivity index (χ1) is 7.31. The molecule has 0 aliphatic rings. The number of halogens is 3. The number of thiocarbonyl (C=S) groups is 1. The van der Waals surface area contributed by atoms with E-state index in [1.54, 1.807) is 13.8 Å². The topological polar surface area (TPSA) is 47.6 Å². The second kappa shape index (κ2) is 7.37. The molecular formula is C7H13Cl3NO3PS. The van der Waals surface area contributed by atoms with Crippen molar-refractivity contribution in [2.45, 2.75) is 23.4 Å². The van der Waals surface area contributed by atoms with Crippen LogP contribution in [-0.4, -0.2) is 28.3 Å². The molecule has 16 heavy (non-hydrogen) atoms. The van der Waals surface area contributed by atoms with Crippen molar-refractivity contribution in [3.05, 3.63) is 0 Å². The number of nitrogens with one attached hydrogen (secondary N) is 1. The zero-order valence-electron chi connectivity index (χ0n) is 8.78. The summed E-state index contributed by atoms with van der Waals surface area (Å²) in [5, 5.41) is 2.51. The maximum Gasteiger partial charge on any atom is 0.357 e. The van der Waals surface area contributed by atoms with Crippen LogP contribution in [0, 0.1) is 0 Å². The molecule has 0 unspecified atom stereocenters. The highest BCUT2D eigenvalue weighted by molar-refractivity contribution is 7.78. The number of hydrogen-bond acceptors (Lipinski definition) is 4. The molecule has 96 valence electrons. The fraction of sp³-hybridized carbons (Fsp3) is 0.857. The smallest absolute Gasteiger partial charge is 0.357 e. The molecule has 0 aromatic carbocycles. The molecular weight excluding hydrogens is 315 g/mol. The van der Waals surface area contributed by atoms with Crippen molar-refractivity contribution >= 4 is 60.1 Å². The van der Waals surface area contributed by atoms with Crippen LogP contribution in [0.1, 0.15) is 13.8 Å². The lowest BCUT2D eigenvalue weighted by Crippen LogP contribution is -2.40. The van der Waals surface area contributed by atoms with E-state index in [4.69, 9.17) is 43.9 Å². The molecule has 0 amide bonds. The van der Waals surface area contributed by atoms with Gasteiger partial charge in [-0.3, -0.25) is 4.57 Å². The monoisotopic (exact) mass is 327 g/mol. The fourth-order valence-electron chi connectivity index (χ4n) is 0.976. The average Bonchev–Trinajstić information content (AvgIpc) is 2.13. The van der Waals surface area contributed by atoms with Crippen LogP contribution in [0.3, 0.4) is 0 Å². The lowest BCUT2D eigenvalue weighted by atomic mass is 10.7. The molecule has 0 bridgehead atoms. The van der Waals surface area contributed by atoms with Crippen molar-refractivity contribution in [1.82, 2.24) is 5.32 Å². The Balaban J connectivity index is 5.09. The minimum atomic E-state index is -3.57. The molecule has 0 saturated heterocycles. The lowest BCUT2D eigenvalue weighted by molar-refractivity contribution is 0.210. The van der Waals surface area contributed by atoms with Gasteiger partial charge in [0.15, 0.2) is 5.78 Å². The van der Waals surface area contributed by atoms with Crippen molar-refractivity contribution in [2.75, 3.05) is 13.2 Å². The number of hydrogen-bond donors (Lipinski definition) is 1. The summed E-state index contributed by atoms with van der Waals surface area (Å²) in [6, 6.07) is 0. The van der Waals surface area contributed by atoms with Crippen LogP contribution in [0.4, 0.5) is 0 Å². The van der Waals surface area contributed by atoms with Crippen LogP contribution in [-0.2, 0) is 13.6 Å². The van der Waals surface area contributed by atoms with Crippen LogP contribution in [0.2, 0.25) is 0 Å². The van der Waals surface area contributed by atoms with Gasteiger partial charge < -0.3 is 14.4 Å². The van der Waals surface area contributed by atoms with E-state index in [2.05, 4.69) is 17.5 Å². The maximum atomic E-state index is 12.3. The summed E-state index contributed by atoms with van der Waals surface area (Å²) in [5.74, 6) is -1.14. The molecule has 0 radical (unpaired) electrons. The second-order valence-corrected chi connectivity index (χ2v) is 7.32. The first kappa shape index (κ1) is 16.9.